The van der Waals surface area contributed by atoms with Crippen LogP contribution in [0.15, 0.2) is 60.7 Å². The molecule has 1 aliphatic heterocycles. The van der Waals surface area contributed by atoms with E-state index in [0.29, 0.717) is 64.2 Å². The SMILES string of the molecule is COc1nc(-c2cccc(-c3cccc(-c4ccc([C@@H](C)NC[C@@H]5CCC(=O)C5)c(OC)n4)c3Cl)c2Cl)ccc1[C@@H](C)CC[C@@H]1CCC(=O)N1. The molecule has 4 atom stereocenters. The number of methoxy groups -OCH3 is 2. The normalized spacial score (nSPS) is 18.6. The highest BCUT2D eigenvalue weighted by molar-refractivity contribution is 6.39. The van der Waals surface area contributed by atoms with E-state index >= 15 is 0 Å². The topological polar surface area (TPSA) is 102 Å². The Balaban J connectivity index is 1.23. The van der Waals surface area contributed by atoms with Crippen molar-refractivity contribution in [1.82, 2.24) is 20.6 Å². The Morgan fingerprint density at radius 3 is 1.92 bits per heavy atom. The van der Waals surface area contributed by atoms with Gasteiger partial charge in [0.15, 0.2) is 0 Å². The summed E-state index contributed by atoms with van der Waals surface area (Å²) in [7, 11) is 3.25. The zero-order valence-corrected chi connectivity index (χ0v) is 30.5. The van der Waals surface area contributed by atoms with Gasteiger partial charge in [-0.2, -0.15) is 0 Å². The predicted octanol–water partition coefficient (Wildman–Crippen LogP) is 8.98. The van der Waals surface area contributed by atoms with Gasteiger partial charge in [0.25, 0.3) is 0 Å². The van der Waals surface area contributed by atoms with Crippen molar-refractivity contribution in [3.63, 3.8) is 0 Å². The van der Waals surface area contributed by atoms with Gasteiger partial charge in [-0.05, 0) is 69.2 Å². The summed E-state index contributed by atoms with van der Waals surface area (Å²) in [4.78, 5) is 33.1. The quantitative estimate of drug-likeness (QED) is 0.143. The Bertz CT molecular complexity index is 1750. The number of hydrogen-bond acceptors (Lipinski definition) is 7. The van der Waals surface area contributed by atoms with E-state index in [9.17, 15) is 9.59 Å². The van der Waals surface area contributed by atoms with Crippen LogP contribution in [0.1, 0.15) is 81.9 Å². The zero-order chi connectivity index (χ0) is 35.4. The Kier molecular flexibility index (Phi) is 11.4. The van der Waals surface area contributed by atoms with E-state index in [0.717, 1.165) is 65.6 Å². The van der Waals surface area contributed by atoms with Crippen molar-refractivity contribution in [2.45, 2.75) is 76.8 Å². The maximum Gasteiger partial charge on any atom is 0.220 e. The smallest absolute Gasteiger partial charge is 0.220 e. The number of aromatic nitrogens is 2. The number of halogens is 2. The maximum absolute atomic E-state index is 11.7. The lowest BCUT2D eigenvalue weighted by Crippen LogP contribution is -2.25. The first kappa shape index (κ1) is 35.8. The van der Waals surface area contributed by atoms with E-state index in [2.05, 4.69) is 30.5 Å². The second-order valence-electron chi connectivity index (χ2n) is 13.5. The lowest BCUT2D eigenvalue weighted by molar-refractivity contribution is -0.119. The van der Waals surface area contributed by atoms with Gasteiger partial charge in [0.05, 0.1) is 35.7 Å². The summed E-state index contributed by atoms with van der Waals surface area (Å²) in [6.45, 7) is 5.02. The number of hydrogen-bond donors (Lipinski definition) is 2. The fourth-order valence-corrected chi connectivity index (χ4v) is 7.78. The summed E-state index contributed by atoms with van der Waals surface area (Å²) >= 11 is 14.3. The van der Waals surface area contributed by atoms with Crippen LogP contribution in [0.3, 0.4) is 0 Å². The number of rotatable bonds is 13. The highest BCUT2D eigenvalue weighted by atomic mass is 35.5. The van der Waals surface area contributed by atoms with Crippen LogP contribution in [0.4, 0.5) is 0 Å². The average Bonchev–Trinajstić information content (AvgIpc) is 3.76. The number of nitrogens with zero attached hydrogens (tertiary/aromatic N) is 2. The van der Waals surface area contributed by atoms with Gasteiger partial charge < -0.3 is 20.1 Å². The summed E-state index contributed by atoms with van der Waals surface area (Å²) in [6, 6.07) is 19.9. The number of Topliss-reactive ketones (excluding diaryl/α,β-unsaturated/α-hetero) is 1. The van der Waals surface area contributed by atoms with Crippen molar-refractivity contribution in [3.05, 3.63) is 81.8 Å². The first-order valence-corrected chi connectivity index (χ1v) is 18.1. The predicted molar refractivity (Wildman–Crippen MR) is 199 cm³/mol. The van der Waals surface area contributed by atoms with Gasteiger partial charge in [-0.25, -0.2) is 9.97 Å². The Hall–Kier alpha value is -3.98. The molecule has 50 heavy (non-hydrogen) atoms. The van der Waals surface area contributed by atoms with E-state index in [1.165, 1.54) is 0 Å². The fraction of sp³-hybridized carbons (Fsp3) is 0.400. The molecule has 0 spiro atoms. The number of ketones is 1. The first-order chi connectivity index (χ1) is 24.2. The number of nitrogens with one attached hydrogen (secondary N) is 2. The number of carbonyl (C=O) groups excluding carboxylic acids is 2. The molecule has 2 aromatic heterocycles. The van der Waals surface area contributed by atoms with Gasteiger partial charge in [0.2, 0.25) is 17.7 Å². The molecule has 2 N–H and O–H groups in total. The molecule has 8 nitrogen and oxygen atoms in total. The molecule has 2 aromatic carbocycles. The minimum Gasteiger partial charge on any atom is -0.481 e. The number of amides is 1. The van der Waals surface area contributed by atoms with Crippen LogP contribution in [0.5, 0.6) is 11.8 Å². The lowest BCUT2D eigenvalue weighted by Gasteiger charge is -2.20. The van der Waals surface area contributed by atoms with Crippen molar-refractivity contribution >= 4 is 34.9 Å². The summed E-state index contributed by atoms with van der Waals surface area (Å²) in [5.74, 6) is 2.15. The minimum atomic E-state index is -0.00349. The highest BCUT2D eigenvalue weighted by Crippen LogP contribution is 2.43. The maximum atomic E-state index is 11.7. The molecule has 1 saturated heterocycles. The molecule has 10 heteroatoms. The van der Waals surface area contributed by atoms with E-state index in [1.54, 1.807) is 14.2 Å². The number of pyridine rings is 2. The first-order valence-electron chi connectivity index (χ1n) is 17.4. The Labute approximate surface area is 304 Å². The van der Waals surface area contributed by atoms with Gasteiger partial charge in [-0.3, -0.25) is 9.59 Å². The molecule has 6 rings (SSSR count). The monoisotopic (exact) mass is 714 g/mol. The summed E-state index contributed by atoms with van der Waals surface area (Å²) in [6.07, 6.45) is 5.59. The van der Waals surface area contributed by atoms with Crippen LogP contribution >= 0.6 is 23.2 Å². The number of carbonyl (C=O) groups is 2. The second kappa shape index (κ2) is 15.9. The van der Waals surface area contributed by atoms with Crippen molar-refractivity contribution in [2.24, 2.45) is 5.92 Å². The molecule has 262 valence electrons. The van der Waals surface area contributed by atoms with Crippen LogP contribution in [0, 0.1) is 5.92 Å². The van der Waals surface area contributed by atoms with E-state index in [1.807, 2.05) is 54.6 Å². The van der Waals surface area contributed by atoms with Crippen LogP contribution in [0.2, 0.25) is 10.0 Å². The van der Waals surface area contributed by atoms with Crippen molar-refractivity contribution in [3.8, 4) is 45.4 Å². The summed E-state index contributed by atoms with van der Waals surface area (Å²) in [5.41, 5.74) is 6.43. The molecule has 0 bridgehead atoms. The third kappa shape index (κ3) is 7.83. The molecule has 1 saturated carbocycles. The molecule has 2 fully saturated rings. The van der Waals surface area contributed by atoms with Gasteiger partial charge >= 0.3 is 0 Å². The molecule has 4 aromatic rings. The third-order valence-corrected chi connectivity index (χ3v) is 10.9. The van der Waals surface area contributed by atoms with E-state index in [-0.39, 0.29) is 23.9 Å². The molecule has 3 heterocycles. The number of benzene rings is 2. The molecule has 1 amide bonds. The second-order valence-corrected chi connectivity index (χ2v) is 14.2. The third-order valence-electron chi connectivity index (χ3n) is 10.1. The Morgan fingerprint density at radius 1 is 0.800 bits per heavy atom. The number of ether oxygens (including phenoxy) is 2. The zero-order valence-electron chi connectivity index (χ0n) is 29.0. The van der Waals surface area contributed by atoms with Crippen molar-refractivity contribution in [2.75, 3.05) is 20.8 Å². The van der Waals surface area contributed by atoms with Crippen LogP contribution in [-0.2, 0) is 9.59 Å². The van der Waals surface area contributed by atoms with Gasteiger partial charge in [0.1, 0.15) is 5.78 Å². The highest BCUT2D eigenvalue weighted by Gasteiger charge is 2.25. The van der Waals surface area contributed by atoms with Crippen LogP contribution < -0.4 is 20.1 Å². The molecule has 0 radical (unpaired) electrons. The molecule has 1 aliphatic carbocycles. The summed E-state index contributed by atoms with van der Waals surface area (Å²) < 4.78 is 11.5. The van der Waals surface area contributed by atoms with Gasteiger partial charge in [-0.1, -0.05) is 72.6 Å². The summed E-state index contributed by atoms with van der Waals surface area (Å²) in [5, 5.41) is 7.67. The van der Waals surface area contributed by atoms with Gasteiger partial charge in [-0.15, -0.1) is 0 Å². The van der Waals surface area contributed by atoms with Gasteiger partial charge in [0, 0.05) is 64.7 Å². The van der Waals surface area contributed by atoms with E-state index < -0.39 is 0 Å². The standard InChI is InChI=1S/C40H44Cl2N4O4/c1-23(11-13-26-14-20-36(48)44-26)28-16-18-34(45-39(28)49-3)32-9-5-7-30(37(32)41)31-8-6-10-33(38(31)42)35-19-17-29(40(46-35)50-4)24(2)43-22-25-12-15-27(47)21-25/h5-10,16-19,23-26,43H,11-15,20-22H2,1-4H3,(H,44,48)/t23-,24+,25+,26+/m0/s1. The molecular formula is C40H44Cl2N4O4. The van der Waals surface area contributed by atoms with Crippen LogP contribution in [0.25, 0.3) is 33.6 Å². The minimum absolute atomic E-state index is 0.00349. The average molecular weight is 716 g/mol. The molecular weight excluding hydrogens is 671 g/mol. The van der Waals surface area contributed by atoms with Crippen molar-refractivity contribution < 1.29 is 19.1 Å². The van der Waals surface area contributed by atoms with Crippen molar-refractivity contribution in [1.29, 1.82) is 0 Å². The largest absolute Gasteiger partial charge is 0.481 e. The molecule has 0 unspecified atom stereocenters. The van der Waals surface area contributed by atoms with Crippen LogP contribution in [-0.4, -0.2) is 48.5 Å². The lowest BCUT2D eigenvalue weighted by atomic mass is 9.93. The van der Waals surface area contributed by atoms with E-state index in [4.69, 9.17) is 42.6 Å². The Morgan fingerprint density at radius 2 is 1.38 bits per heavy atom. The molecule has 2 aliphatic rings. The fourth-order valence-electron chi connectivity index (χ4n) is 7.13.